The summed E-state index contributed by atoms with van der Waals surface area (Å²) in [5.74, 6) is -0.168. The summed E-state index contributed by atoms with van der Waals surface area (Å²) in [5, 5.41) is 9.01. The number of hydrogen-bond donors (Lipinski definition) is 1. The Labute approximate surface area is 90.7 Å². The lowest BCUT2D eigenvalue weighted by molar-refractivity contribution is 0.102. The zero-order chi connectivity index (χ0) is 10.7. The van der Waals surface area contributed by atoms with Gasteiger partial charge in [-0.2, -0.15) is 5.26 Å². The summed E-state index contributed by atoms with van der Waals surface area (Å²) in [6, 6.07) is 5.32. The molecule has 14 heavy (non-hydrogen) atoms. The van der Waals surface area contributed by atoms with Crippen LogP contribution in [0.4, 0.5) is 5.69 Å². The van der Waals surface area contributed by atoms with Gasteiger partial charge in [0.25, 0.3) is 0 Å². The number of alkyl halides is 1. The van der Waals surface area contributed by atoms with Crippen LogP contribution < -0.4 is 5.73 Å². The van der Waals surface area contributed by atoms with Crippen LogP contribution in [0.15, 0.2) is 12.1 Å². The Morgan fingerprint density at radius 2 is 2.29 bits per heavy atom. The topological polar surface area (TPSA) is 66.9 Å². The first-order valence-electron chi connectivity index (χ1n) is 3.99. The number of benzene rings is 1. The number of halogens is 1. The van der Waals surface area contributed by atoms with Crippen molar-refractivity contribution in [3.8, 4) is 6.07 Å². The minimum Gasteiger partial charge on any atom is -0.398 e. The van der Waals surface area contributed by atoms with Crippen LogP contribution in [0.5, 0.6) is 0 Å². The maximum atomic E-state index is 11.4. The monoisotopic (exact) mass is 252 g/mol. The van der Waals surface area contributed by atoms with E-state index in [1.165, 1.54) is 0 Å². The van der Waals surface area contributed by atoms with Crippen LogP contribution in [-0.4, -0.2) is 11.1 Å². The summed E-state index contributed by atoms with van der Waals surface area (Å²) in [7, 11) is 0. The number of aryl methyl sites for hydroxylation is 1. The molecule has 0 aliphatic heterocycles. The van der Waals surface area contributed by atoms with Crippen molar-refractivity contribution in [2.45, 2.75) is 6.92 Å². The molecule has 0 aliphatic rings. The van der Waals surface area contributed by atoms with Crippen molar-refractivity contribution < 1.29 is 4.79 Å². The van der Waals surface area contributed by atoms with Gasteiger partial charge in [0.15, 0.2) is 5.78 Å². The lowest BCUT2D eigenvalue weighted by Crippen LogP contribution is -2.08. The first-order valence-corrected chi connectivity index (χ1v) is 5.11. The third-order valence-electron chi connectivity index (χ3n) is 1.83. The van der Waals surface area contributed by atoms with E-state index >= 15 is 0 Å². The number of ketones is 1. The molecule has 0 heterocycles. The summed E-state index contributed by atoms with van der Waals surface area (Å²) < 4.78 is 0. The average Bonchev–Trinajstić information content (AvgIpc) is 2.15. The van der Waals surface area contributed by atoms with Gasteiger partial charge in [0.05, 0.1) is 22.5 Å². The van der Waals surface area contributed by atoms with Crippen molar-refractivity contribution in [2.24, 2.45) is 0 Å². The highest BCUT2D eigenvalue weighted by molar-refractivity contribution is 9.09. The maximum absolute atomic E-state index is 11.4. The Kier molecular flexibility index (Phi) is 3.26. The molecule has 0 aliphatic carbocycles. The number of hydrogen-bond acceptors (Lipinski definition) is 3. The van der Waals surface area contributed by atoms with E-state index in [2.05, 4.69) is 15.9 Å². The number of rotatable bonds is 2. The van der Waals surface area contributed by atoms with Crippen LogP contribution in [0.3, 0.4) is 0 Å². The molecule has 0 fully saturated rings. The van der Waals surface area contributed by atoms with Gasteiger partial charge in [-0.3, -0.25) is 4.79 Å². The third kappa shape index (κ3) is 1.94. The number of nitrogen functional groups attached to an aromatic ring is 1. The largest absolute Gasteiger partial charge is 0.398 e. The number of carbonyl (C=O) groups excluding carboxylic acids is 1. The smallest absolute Gasteiger partial charge is 0.176 e. The molecule has 0 amide bonds. The Hall–Kier alpha value is -1.34. The highest BCUT2D eigenvalue weighted by atomic mass is 79.9. The second kappa shape index (κ2) is 4.25. The van der Waals surface area contributed by atoms with Crippen molar-refractivity contribution in [2.75, 3.05) is 11.1 Å². The van der Waals surface area contributed by atoms with Gasteiger partial charge in [-0.05, 0) is 24.6 Å². The lowest BCUT2D eigenvalue weighted by Gasteiger charge is -2.06. The number of anilines is 1. The fourth-order valence-electron chi connectivity index (χ4n) is 1.28. The lowest BCUT2D eigenvalue weighted by atomic mass is 10.0. The van der Waals surface area contributed by atoms with E-state index in [1.54, 1.807) is 12.1 Å². The molecule has 1 aromatic rings. The van der Waals surface area contributed by atoms with Crippen LogP contribution in [0, 0.1) is 18.3 Å². The minimum atomic E-state index is -0.168. The second-order valence-electron chi connectivity index (χ2n) is 2.95. The molecule has 0 saturated carbocycles. The van der Waals surface area contributed by atoms with E-state index in [1.807, 2.05) is 13.0 Å². The summed E-state index contributed by atoms with van der Waals surface area (Å²) in [6.07, 6.45) is 0. The molecule has 0 bridgehead atoms. The second-order valence-corrected chi connectivity index (χ2v) is 3.51. The number of nitrogens with zero attached hydrogens (tertiary/aromatic N) is 1. The summed E-state index contributed by atoms with van der Waals surface area (Å²) in [5.41, 5.74) is 7.58. The molecule has 4 heteroatoms. The van der Waals surface area contributed by atoms with E-state index in [0.717, 1.165) is 5.56 Å². The number of carbonyl (C=O) groups is 1. The van der Waals surface area contributed by atoms with Crippen LogP contribution in [0.25, 0.3) is 0 Å². The summed E-state index contributed by atoms with van der Waals surface area (Å²) in [6.45, 7) is 1.83. The van der Waals surface area contributed by atoms with Crippen molar-refractivity contribution >= 4 is 27.4 Å². The van der Waals surface area contributed by atoms with Gasteiger partial charge >= 0.3 is 0 Å². The van der Waals surface area contributed by atoms with Gasteiger partial charge in [-0.1, -0.05) is 15.9 Å². The van der Waals surface area contributed by atoms with Crippen molar-refractivity contribution in [3.05, 3.63) is 28.8 Å². The highest BCUT2D eigenvalue weighted by Crippen LogP contribution is 2.20. The summed E-state index contributed by atoms with van der Waals surface area (Å²) in [4.78, 5) is 11.4. The molecule has 0 aromatic heterocycles. The van der Waals surface area contributed by atoms with Crippen LogP contribution in [0.2, 0.25) is 0 Å². The standard InChI is InChI=1S/C10H9BrN2O/c1-6-2-7(5-12)10(8(13)3-6)9(14)4-11/h2-3H,4,13H2,1H3. The van der Waals surface area contributed by atoms with Crippen LogP contribution in [0.1, 0.15) is 21.5 Å². The SMILES string of the molecule is Cc1cc(N)c(C(=O)CBr)c(C#N)c1. The molecular weight excluding hydrogens is 244 g/mol. The Morgan fingerprint density at radius 1 is 1.64 bits per heavy atom. The molecule has 1 aromatic carbocycles. The van der Waals surface area contributed by atoms with E-state index in [4.69, 9.17) is 11.0 Å². The predicted octanol–water partition coefficient (Wildman–Crippen LogP) is 2.03. The minimum absolute atomic E-state index is 0.168. The number of nitriles is 1. The molecular formula is C10H9BrN2O. The first kappa shape index (κ1) is 10.7. The maximum Gasteiger partial charge on any atom is 0.176 e. The predicted molar refractivity (Wildman–Crippen MR) is 58.4 cm³/mol. The van der Waals surface area contributed by atoms with Gasteiger partial charge in [-0.25, -0.2) is 0 Å². The zero-order valence-electron chi connectivity index (χ0n) is 7.67. The molecule has 0 radical (unpaired) electrons. The van der Waals surface area contributed by atoms with Gasteiger partial charge < -0.3 is 5.73 Å². The molecule has 0 atom stereocenters. The van der Waals surface area contributed by atoms with Gasteiger partial charge in [0.1, 0.15) is 0 Å². The average molecular weight is 253 g/mol. The number of nitrogens with two attached hydrogens (primary N) is 1. The molecule has 0 spiro atoms. The Morgan fingerprint density at radius 3 is 2.79 bits per heavy atom. The zero-order valence-corrected chi connectivity index (χ0v) is 9.26. The molecule has 72 valence electrons. The van der Waals surface area contributed by atoms with E-state index in [9.17, 15) is 4.79 Å². The Bertz CT molecular complexity index is 421. The van der Waals surface area contributed by atoms with Gasteiger partial charge in [0.2, 0.25) is 0 Å². The summed E-state index contributed by atoms with van der Waals surface area (Å²) >= 11 is 3.05. The highest BCUT2D eigenvalue weighted by Gasteiger charge is 2.14. The number of Topliss-reactive ketones (excluding diaryl/α,β-unsaturated/α-hetero) is 1. The molecule has 3 nitrogen and oxygen atoms in total. The molecule has 2 N–H and O–H groups in total. The molecule has 1 rings (SSSR count). The normalized spacial score (nSPS) is 9.50. The van der Waals surface area contributed by atoms with Crippen LogP contribution in [-0.2, 0) is 0 Å². The van der Waals surface area contributed by atoms with E-state index < -0.39 is 0 Å². The van der Waals surface area contributed by atoms with Crippen molar-refractivity contribution in [1.29, 1.82) is 5.26 Å². The van der Waals surface area contributed by atoms with E-state index in [-0.39, 0.29) is 11.1 Å². The van der Waals surface area contributed by atoms with Crippen molar-refractivity contribution in [1.82, 2.24) is 0 Å². The third-order valence-corrected chi connectivity index (χ3v) is 2.34. The van der Waals surface area contributed by atoms with Gasteiger partial charge in [0, 0.05) is 5.69 Å². The van der Waals surface area contributed by atoms with Gasteiger partial charge in [-0.15, -0.1) is 0 Å². The fourth-order valence-corrected chi connectivity index (χ4v) is 1.56. The molecule has 0 saturated heterocycles. The fraction of sp³-hybridized carbons (Fsp3) is 0.200. The van der Waals surface area contributed by atoms with Crippen LogP contribution >= 0.6 is 15.9 Å². The Balaban J connectivity index is 3.42. The molecule has 0 unspecified atom stereocenters. The first-order chi connectivity index (χ1) is 6.60. The quantitative estimate of drug-likeness (QED) is 0.498. The van der Waals surface area contributed by atoms with Crippen molar-refractivity contribution in [3.63, 3.8) is 0 Å². The van der Waals surface area contributed by atoms with E-state index in [0.29, 0.717) is 16.8 Å².